The van der Waals surface area contributed by atoms with Crippen molar-refractivity contribution < 1.29 is 43.0 Å². The molecule has 12 nitrogen and oxygen atoms in total. The Labute approximate surface area is 220 Å². The number of thioether (sulfide) groups is 1. The number of rotatable bonds is 16. The van der Waals surface area contributed by atoms with E-state index in [4.69, 9.17) is 14.2 Å². The molecule has 1 saturated heterocycles. The minimum Gasteiger partial charge on any atom is -0.392 e. The molecule has 4 amide bonds. The van der Waals surface area contributed by atoms with E-state index in [2.05, 4.69) is 5.32 Å². The van der Waals surface area contributed by atoms with Crippen LogP contribution in [0.15, 0.2) is 12.2 Å². The molecule has 2 atom stereocenters. The zero-order chi connectivity index (χ0) is 27.6. The maximum absolute atomic E-state index is 12.8. The highest BCUT2D eigenvalue weighted by atomic mass is 32.2. The molecule has 0 aromatic rings. The average Bonchev–Trinajstić information content (AvgIpc) is 3.30. The van der Waals surface area contributed by atoms with E-state index < -0.39 is 28.0 Å². The van der Waals surface area contributed by atoms with E-state index in [1.54, 1.807) is 14.0 Å². The Morgan fingerprint density at radius 3 is 2.16 bits per heavy atom. The Balaban J connectivity index is 1.63. The number of ether oxygens (including phenoxy) is 3. The highest BCUT2D eigenvalue weighted by molar-refractivity contribution is 8.02. The third-order valence-electron chi connectivity index (χ3n) is 5.79. The summed E-state index contributed by atoms with van der Waals surface area (Å²) < 4.78 is 15.1. The number of esters is 2. The van der Waals surface area contributed by atoms with Crippen LogP contribution in [0.2, 0.25) is 0 Å². The van der Waals surface area contributed by atoms with Gasteiger partial charge in [-0.05, 0) is 20.4 Å². The Kier molecular flexibility index (Phi) is 11.9. The smallest absolute Gasteiger partial charge is 0.330 e. The molecule has 1 fully saturated rings. The lowest BCUT2D eigenvalue weighted by atomic mass is 10.1. The van der Waals surface area contributed by atoms with E-state index in [1.165, 1.54) is 28.8 Å². The van der Waals surface area contributed by atoms with Crippen LogP contribution < -0.4 is 5.32 Å². The maximum Gasteiger partial charge on any atom is 0.330 e. The van der Waals surface area contributed by atoms with Gasteiger partial charge in [0.2, 0.25) is 11.8 Å². The molecule has 0 aliphatic carbocycles. The second-order valence-corrected chi connectivity index (χ2v) is 11.1. The number of likely N-dealkylation sites (tertiary alicyclic amines) is 1. The van der Waals surface area contributed by atoms with Crippen LogP contribution in [0.5, 0.6) is 0 Å². The van der Waals surface area contributed by atoms with Crippen molar-refractivity contribution in [2.45, 2.75) is 56.1 Å². The van der Waals surface area contributed by atoms with Crippen LogP contribution in [0.4, 0.5) is 0 Å². The Bertz CT molecular complexity index is 903. The van der Waals surface area contributed by atoms with Crippen molar-refractivity contribution in [3.05, 3.63) is 12.2 Å². The standard InChI is InChI=1S/C24H35N3O9S/c1-16(25-4)23(33)36-21(31)7-8-24(2,3)37-17-15-20(30)27(22(17)32)10-12-35-14-13-34-11-9-26-18(28)5-6-19(26)29/h5-6,16-17,25H,7-15H2,1-4H3/t16-,17?/m0/s1. The first kappa shape index (κ1) is 30.6. The zero-order valence-electron chi connectivity index (χ0n) is 21.7. The second kappa shape index (κ2) is 14.4. The van der Waals surface area contributed by atoms with Gasteiger partial charge in [-0.3, -0.25) is 33.8 Å². The van der Waals surface area contributed by atoms with E-state index in [-0.39, 0.29) is 76.0 Å². The minimum atomic E-state index is -0.647. The molecule has 0 spiro atoms. The van der Waals surface area contributed by atoms with Gasteiger partial charge in [0.25, 0.3) is 11.8 Å². The predicted octanol–water partition coefficient (Wildman–Crippen LogP) is 0.0418. The van der Waals surface area contributed by atoms with Crippen LogP contribution in [0, 0.1) is 0 Å². The van der Waals surface area contributed by atoms with E-state index in [9.17, 15) is 28.8 Å². The lowest BCUT2D eigenvalue weighted by Gasteiger charge is -2.26. The molecule has 37 heavy (non-hydrogen) atoms. The molecule has 13 heteroatoms. The van der Waals surface area contributed by atoms with Gasteiger partial charge in [-0.2, -0.15) is 0 Å². The van der Waals surface area contributed by atoms with Crippen molar-refractivity contribution in [2.24, 2.45) is 0 Å². The Morgan fingerprint density at radius 2 is 1.59 bits per heavy atom. The van der Waals surface area contributed by atoms with Gasteiger partial charge in [-0.25, -0.2) is 4.79 Å². The number of likely N-dealkylation sites (N-methyl/N-ethyl adjacent to an activating group) is 1. The van der Waals surface area contributed by atoms with Gasteiger partial charge in [0, 0.05) is 29.7 Å². The second-order valence-electron chi connectivity index (χ2n) is 9.14. The lowest BCUT2D eigenvalue weighted by molar-refractivity contribution is -0.161. The molecule has 1 unspecified atom stereocenters. The third-order valence-corrected chi connectivity index (χ3v) is 7.28. The van der Waals surface area contributed by atoms with Gasteiger partial charge < -0.3 is 19.5 Å². The summed E-state index contributed by atoms with van der Waals surface area (Å²) in [6, 6.07) is -0.590. The first-order chi connectivity index (χ1) is 17.4. The highest BCUT2D eigenvalue weighted by Gasteiger charge is 2.41. The number of hydrogen-bond donors (Lipinski definition) is 1. The van der Waals surface area contributed by atoms with Crippen molar-refractivity contribution in [1.82, 2.24) is 15.1 Å². The molecule has 1 N–H and O–H groups in total. The molecule has 0 saturated carbocycles. The summed E-state index contributed by atoms with van der Waals surface area (Å²) in [5, 5.41) is 2.14. The molecule has 206 valence electrons. The number of nitrogens with zero attached hydrogens (tertiary/aromatic N) is 2. The van der Waals surface area contributed by atoms with Crippen LogP contribution in [-0.2, 0) is 43.0 Å². The first-order valence-corrected chi connectivity index (χ1v) is 13.0. The summed E-state index contributed by atoms with van der Waals surface area (Å²) in [6.07, 6.45) is 2.88. The number of nitrogens with one attached hydrogen (secondary N) is 1. The van der Waals surface area contributed by atoms with Crippen molar-refractivity contribution >= 4 is 47.3 Å². The van der Waals surface area contributed by atoms with Gasteiger partial charge in [-0.1, -0.05) is 13.8 Å². The third kappa shape index (κ3) is 9.65. The quantitative estimate of drug-likeness (QED) is 0.122. The Morgan fingerprint density at radius 1 is 1.03 bits per heavy atom. The molecular formula is C24H35N3O9S. The van der Waals surface area contributed by atoms with Gasteiger partial charge >= 0.3 is 11.9 Å². The SMILES string of the molecule is CN[C@@H](C)C(=O)OC(=O)CCC(C)(C)SC1CC(=O)N(CCOCCOCCN2C(=O)C=CC2=O)C1=O. The van der Waals surface area contributed by atoms with E-state index >= 15 is 0 Å². The zero-order valence-corrected chi connectivity index (χ0v) is 22.5. The van der Waals surface area contributed by atoms with Crippen LogP contribution in [0.25, 0.3) is 0 Å². The monoisotopic (exact) mass is 541 g/mol. The fourth-order valence-electron chi connectivity index (χ4n) is 3.48. The number of carbonyl (C=O) groups is 6. The van der Waals surface area contributed by atoms with Gasteiger partial charge in [0.1, 0.15) is 6.04 Å². The molecule has 0 aromatic heterocycles. The molecule has 2 rings (SSSR count). The normalized spacial score (nSPS) is 18.8. The average molecular weight is 542 g/mol. The number of hydrogen-bond acceptors (Lipinski definition) is 11. The van der Waals surface area contributed by atoms with Crippen molar-refractivity contribution in [1.29, 1.82) is 0 Å². The molecule has 0 bridgehead atoms. The molecule has 2 aliphatic heterocycles. The maximum atomic E-state index is 12.8. The van der Waals surface area contributed by atoms with Gasteiger partial charge in [0.15, 0.2) is 0 Å². The largest absolute Gasteiger partial charge is 0.392 e. The molecular weight excluding hydrogens is 506 g/mol. The van der Waals surface area contributed by atoms with Crippen LogP contribution in [-0.4, -0.2) is 108 Å². The summed E-state index contributed by atoms with van der Waals surface area (Å²) in [6.45, 7) is 6.42. The fourth-order valence-corrected chi connectivity index (χ4v) is 4.93. The van der Waals surface area contributed by atoms with Crippen LogP contribution in [0.1, 0.15) is 40.0 Å². The molecule has 2 heterocycles. The number of imide groups is 2. The summed E-state index contributed by atoms with van der Waals surface area (Å²) in [5.74, 6) is -2.58. The van der Waals surface area contributed by atoms with Crippen molar-refractivity contribution in [3.63, 3.8) is 0 Å². The highest BCUT2D eigenvalue weighted by Crippen LogP contribution is 2.37. The summed E-state index contributed by atoms with van der Waals surface area (Å²) in [7, 11) is 1.59. The number of carbonyl (C=O) groups excluding carboxylic acids is 6. The molecule has 0 aromatic carbocycles. The van der Waals surface area contributed by atoms with Gasteiger partial charge in [0.05, 0.1) is 44.8 Å². The molecule has 2 aliphatic rings. The van der Waals surface area contributed by atoms with E-state index in [1.807, 2.05) is 13.8 Å². The summed E-state index contributed by atoms with van der Waals surface area (Å²) >= 11 is 1.33. The topological polar surface area (TPSA) is 149 Å². The van der Waals surface area contributed by atoms with Crippen molar-refractivity contribution in [3.8, 4) is 0 Å². The fraction of sp³-hybridized carbons (Fsp3) is 0.667. The molecule has 0 radical (unpaired) electrons. The van der Waals surface area contributed by atoms with Crippen LogP contribution in [0.3, 0.4) is 0 Å². The predicted molar refractivity (Wildman–Crippen MR) is 133 cm³/mol. The van der Waals surface area contributed by atoms with E-state index in [0.29, 0.717) is 6.42 Å². The van der Waals surface area contributed by atoms with Crippen LogP contribution >= 0.6 is 11.8 Å². The minimum absolute atomic E-state index is 0.0121. The number of amides is 4. The lowest BCUT2D eigenvalue weighted by Crippen LogP contribution is -2.35. The summed E-state index contributed by atoms with van der Waals surface area (Å²) in [4.78, 5) is 74.0. The van der Waals surface area contributed by atoms with Gasteiger partial charge in [-0.15, -0.1) is 11.8 Å². The summed E-state index contributed by atoms with van der Waals surface area (Å²) in [5.41, 5.74) is 0. The van der Waals surface area contributed by atoms with Crippen molar-refractivity contribution in [2.75, 3.05) is 46.6 Å². The first-order valence-electron chi connectivity index (χ1n) is 12.1. The Hall–Kier alpha value is -2.61. The van der Waals surface area contributed by atoms with E-state index in [0.717, 1.165) is 4.90 Å².